The first-order valence-electron chi connectivity index (χ1n) is 5.28. The molecule has 0 unspecified atom stereocenters. The third-order valence-electron chi connectivity index (χ3n) is 1.94. The number of carbonyl (C=O) groups is 1. The van der Waals surface area contributed by atoms with E-state index in [-0.39, 0.29) is 5.97 Å². The third kappa shape index (κ3) is 4.68. The number of thioether (sulfide) groups is 1. The van der Waals surface area contributed by atoms with Gasteiger partial charge < -0.3 is 10.1 Å². The Hall–Kier alpha value is -1.00. The van der Waals surface area contributed by atoms with Crippen LogP contribution in [0, 0.1) is 0 Å². The van der Waals surface area contributed by atoms with E-state index in [1.807, 2.05) is 26.1 Å². The van der Waals surface area contributed by atoms with Gasteiger partial charge >= 0.3 is 5.97 Å². The molecule has 1 aromatic carbocycles. The van der Waals surface area contributed by atoms with Crippen LogP contribution in [0.4, 0.5) is 0 Å². The molecule has 0 spiro atoms. The summed E-state index contributed by atoms with van der Waals surface area (Å²) in [5, 5.41) is 3.10. The van der Waals surface area contributed by atoms with E-state index >= 15 is 0 Å². The Kier molecular flexibility index (Phi) is 5.96. The van der Waals surface area contributed by atoms with Crippen LogP contribution in [0.3, 0.4) is 0 Å². The smallest absolute Gasteiger partial charge is 0.316 e. The minimum absolute atomic E-state index is 0.161. The van der Waals surface area contributed by atoms with Crippen molar-refractivity contribution in [1.82, 2.24) is 5.32 Å². The van der Waals surface area contributed by atoms with Crippen LogP contribution in [-0.2, 0) is 16.1 Å². The highest BCUT2D eigenvalue weighted by molar-refractivity contribution is 8.00. The molecular weight excluding hydrogens is 222 g/mol. The first-order valence-corrected chi connectivity index (χ1v) is 6.26. The van der Waals surface area contributed by atoms with Gasteiger partial charge in [-0.25, -0.2) is 0 Å². The summed E-state index contributed by atoms with van der Waals surface area (Å²) in [5.41, 5.74) is 1.22. The minimum Gasteiger partial charge on any atom is -0.465 e. The molecule has 3 nitrogen and oxygen atoms in total. The quantitative estimate of drug-likeness (QED) is 0.609. The first-order chi connectivity index (χ1) is 7.76. The Labute approximate surface area is 101 Å². The van der Waals surface area contributed by atoms with E-state index in [4.69, 9.17) is 4.74 Å². The van der Waals surface area contributed by atoms with E-state index in [2.05, 4.69) is 17.4 Å². The molecular formula is C12H17NO2S. The summed E-state index contributed by atoms with van der Waals surface area (Å²) >= 11 is 1.51. The predicted octanol–water partition coefficient (Wildman–Crippen LogP) is 2.06. The largest absolute Gasteiger partial charge is 0.465 e. The normalized spacial score (nSPS) is 10.1. The van der Waals surface area contributed by atoms with E-state index in [0.717, 1.165) is 11.4 Å². The Morgan fingerprint density at radius 3 is 3.00 bits per heavy atom. The fourth-order valence-corrected chi connectivity index (χ4v) is 2.07. The van der Waals surface area contributed by atoms with Gasteiger partial charge in [-0.15, -0.1) is 11.8 Å². The predicted molar refractivity (Wildman–Crippen MR) is 66.6 cm³/mol. The molecule has 0 atom stereocenters. The second-order valence-electron chi connectivity index (χ2n) is 3.27. The topological polar surface area (TPSA) is 38.3 Å². The van der Waals surface area contributed by atoms with Crippen molar-refractivity contribution >= 4 is 17.7 Å². The van der Waals surface area contributed by atoms with E-state index in [1.165, 1.54) is 17.3 Å². The summed E-state index contributed by atoms with van der Waals surface area (Å²) in [6, 6.07) is 8.15. The van der Waals surface area contributed by atoms with Gasteiger partial charge in [0, 0.05) is 11.4 Å². The van der Waals surface area contributed by atoms with Crippen molar-refractivity contribution in [2.45, 2.75) is 18.4 Å². The molecule has 1 aromatic rings. The van der Waals surface area contributed by atoms with Crippen molar-refractivity contribution in [1.29, 1.82) is 0 Å². The number of hydrogen-bond donors (Lipinski definition) is 1. The second kappa shape index (κ2) is 7.30. The third-order valence-corrected chi connectivity index (χ3v) is 2.91. The molecule has 0 aromatic heterocycles. The number of benzene rings is 1. The SMILES string of the molecule is CCOC(=O)CSc1cccc(CNC)c1. The lowest BCUT2D eigenvalue weighted by Crippen LogP contribution is -2.07. The molecule has 1 N–H and O–H groups in total. The van der Waals surface area contributed by atoms with Crippen LogP contribution in [0.1, 0.15) is 12.5 Å². The van der Waals surface area contributed by atoms with Crippen LogP contribution < -0.4 is 5.32 Å². The zero-order valence-corrected chi connectivity index (χ0v) is 10.5. The van der Waals surface area contributed by atoms with E-state index in [1.54, 1.807) is 0 Å². The van der Waals surface area contributed by atoms with Crippen LogP contribution >= 0.6 is 11.8 Å². The van der Waals surface area contributed by atoms with Crippen molar-refractivity contribution in [3.8, 4) is 0 Å². The van der Waals surface area contributed by atoms with Gasteiger partial charge in [0.05, 0.1) is 12.4 Å². The van der Waals surface area contributed by atoms with E-state index in [0.29, 0.717) is 12.4 Å². The number of nitrogens with one attached hydrogen (secondary N) is 1. The zero-order chi connectivity index (χ0) is 11.8. The number of ether oxygens (including phenoxy) is 1. The number of rotatable bonds is 6. The van der Waals surface area contributed by atoms with Crippen LogP contribution in [0.15, 0.2) is 29.2 Å². The molecule has 88 valence electrons. The summed E-state index contributed by atoms with van der Waals surface area (Å²) in [4.78, 5) is 12.3. The molecule has 0 radical (unpaired) electrons. The average molecular weight is 239 g/mol. The van der Waals surface area contributed by atoms with Crippen molar-refractivity contribution < 1.29 is 9.53 Å². The van der Waals surface area contributed by atoms with E-state index < -0.39 is 0 Å². The highest BCUT2D eigenvalue weighted by atomic mass is 32.2. The Morgan fingerprint density at radius 1 is 1.50 bits per heavy atom. The molecule has 0 saturated heterocycles. The van der Waals surface area contributed by atoms with Gasteiger partial charge in [-0.3, -0.25) is 4.79 Å². The number of esters is 1. The Bertz CT molecular complexity index is 342. The van der Waals surface area contributed by atoms with Gasteiger partial charge in [-0.2, -0.15) is 0 Å². The fraction of sp³-hybridized carbons (Fsp3) is 0.417. The van der Waals surface area contributed by atoms with Gasteiger partial charge in [0.15, 0.2) is 0 Å². The van der Waals surface area contributed by atoms with Crippen LogP contribution in [0.25, 0.3) is 0 Å². The Balaban J connectivity index is 2.47. The van der Waals surface area contributed by atoms with Crippen molar-refractivity contribution in [3.63, 3.8) is 0 Å². The van der Waals surface area contributed by atoms with E-state index in [9.17, 15) is 4.79 Å². The second-order valence-corrected chi connectivity index (χ2v) is 4.32. The van der Waals surface area contributed by atoms with Crippen molar-refractivity contribution in [2.24, 2.45) is 0 Å². The van der Waals surface area contributed by atoms with Gasteiger partial charge in [0.2, 0.25) is 0 Å². The molecule has 0 saturated carbocycles. The monoisotopic (exact) mass is 239 g/mol. The molecule has 0 aliphatic heterocycles. The Morgan fingerprint density at radius 2 is 2.31 bits per heavy atom. The van der Waals surface area contributed by atoms with Gasteiger partial charge in [-0.05, 0) is 31.7 Å². The zero-order valence-electron chi connectivity index (χ0n) is 9.66. The van der Waals surface area contributed by atoms with Gasteiger partial charge in [-0.1, -0.05) is 12.1 Å². The number of carbonyl (C=O) groups excluding carboxylic acids is 1. The summed E-state index contributed by atoms with van der Waals surface area (Å²) < 4.78 is 4.87. The minimum atomic E-state index is -0.161. The van der Waals surface area contributed by atoms with Gasteiger partial charge in [0.25, 0.3) is 0 Å². The molecule has 1 rings (SSSR count). The van der Waals surface area contributed by atoms with Crippen LogP contribution in [0.5, 0.6) is 0 Å². The fourth-order valence-electron chi connectivity index (χ4n) is 1.29. The molecule has 0 aliphatic carbocycles. The highest BCUT2D eigenvalue weighted by Crippen LogP contribution is 2.19. The lowest BCUT2D eigenvalue weighted by atomic mass is 10.2. The maximum atomic E-state index is 11.2. The molecule has 0 aliphatic rings. The number of hydrogen-bond acceptors (Lipinski definition) is 4. The van der Waals surface area contributed by atoms with Crippen LogP contribution in [-0.4, -0.2) is 25.4 Å². The molecule has 16 heavy (non-hydrogen) atoms. The summed E-state index contributed by atoms with van der Waals surface area (Å²) in [7, 11) is 1.92. The maximum Gasteiger partial charge on any atom is 0.316 e. The first kappa shape index (κ1) is 13.1. The highest BCUT2D eigenvalue weighted by Gasteiger charge is 2.03. The molecule has 0 heterocycles. The molecule has 0 fully saturated rings. The van der Waals surface area contributed by atoms with Crippen molar-refractivity contribution in [3.05, 3.63) is 29.8 Å². The summed E-state index contributed by atoms with van der Waals surface area (Å²) in [6.07, 6.45) is 0. The molecule has 4 heteroatoms. The van der Waals surface area contributed by atoms with Crippen LogP contribution in [0.2, 0.25) is 0 Å². The molecule has 0 bridgehead atoms. The summed E-state index contributed by atoms with van der Waals surface area (Å²) in [6.45, 7) is 3.10. The molecule has 0 amide bonds. The summed E-state index contributed by atoms with van der Waals surface area (Å²) in [5.74, 6) is 0.211. The standard InChI is InChI=1S/C12H17NO2S/c1-3-15-12(14)9-16-11-6-4-5-10(7-11)8-13-2/h4-7,13H,3,8-9H2,1-2H3. The lowest BCUT2D eigenvalue weighted by Gasteiger charge is -2.04. The lowest BCUT2D eigenvalue weighted by molar-refractivity contribution is -0.139. The average Bonchev–Trinajstić information content (AvgIpc) is 2.28. The van der Waals surface area contributed by atoms with Gasteiger partial charge in [0.1, 0.15) is 0 Å². The maximum absolute atomic E-state index is 11.2. The van der Waals surface area contributed by atoms with Crippen molar-refractivity contribution in [2.75, 3.05) is 19.4 Å².